The van der Waals surface area contributed by atoms with Crippen LogP contribution < -0.4 is 0 Å². The molecule has 0 saturated carbocycles. The predicted molar refractivity (Wildman–Crippen MR) is 79.0 cm³/mol. The van der Waals surface area contributed by atoms with Gasteiger partial charge in [-0.25, -0.2) is 4.79 Å². The second-order valence-electron chi connectivity index (χ2n) is 5.19. The van der Waals surface area contributed by atoms with Gasteiger partial charge in [0.1, 0.15) is 6.04 Å². The number of unbranched alkanes of at least 4 members (excludes halogenated alkanes) is 1. The molecule has 0 aliphatic heterocycles. The van der Waals surface area contributed by atoms with Crippen LogP contribution in [0.2, 0.25) is 0 Å². The van der Waals surface area contributed by atoms with Gasteiger partial charge in [0.2, 0.25) is 5.91 Å². The lowest BCUT2D eigenvalue weighted by molar-refractivity contribution is -0.153. The molecule has 0 saturated heterocycles. The Bertz CT molecular complexity index is 352. The zero-order valence-electron chi connectivity index (χ0n) is 13.2. The molecule has 21 heavy (non-hydrogen) atoms. The maximum Gasteiger partial charge on any atom is 0.326 e. The van der Waals surface area contributed by atoms with Crippen molar-refractivity contribution in [3.8, 4) is 0 Å². The molecule has 0 aromatic rings. The van der Waals surface area contributed by atoms with Gasteiger partial charge in [-0.15, -0.1) is 0 Å². The zero-order chi connectivity index (χ0) is 16.4. The van der Waals surface area contributed by atoms with Crippen molar-refractivity contribution in [2.45, 2.75) is 65.3 Å². The van der Waals surface area contributed by atoms with Gasteiger partial charge in [-0.05, 0) is 19.3 Å². The number of nitrogens with zero attached hydrogens (tertiary/aromatic N) is 1. The van der Waals surface area contributed by atoms with E-state index in [9.17, 15) is 19.5 Å². The molecule has 1 unspecified atom stereocenters. The molecular weight excluding hydrogens is 274 g/mol. The minimum absolute atomic E-state index is 0.0503. The molecule has 0 aliphatic carbocycles. The number of aliphatic carboxylic acids is 2. The number of rotatable bonds is 11. The monoisotopic (exact) mass is 301 g/mol. The topological polar surface area (TPSA) is 94.9 Å². The zero-order valence-corrected chi connectivity index (χ0v) is 13.2. The highest BCUT2D eigenvalue weighted by atomic mass is 16.4. The molecule has 1 amide bonds. The van der Waals surface area contributed by atoms with Crippen LogP contribution in [0.3, 0.4) is 0 Å². The fourth-order valence-electron chi connectivity index (χ4n) is 2.32. The van der Waals surface area contributed by atoms with Crippen LogP contribution in [0.4, 0.5) is 0 Å². The first kappa shape index (κ1) is 19.4. The third kappa shape index (κ3) is 6.60. The molecule has 0 rings (SSSR count). The number of amides is 1. The Kier molecular flexibility index (Phi) is 9.41. The molecular formula is C15H27NO5. The van der Waals surface area contributed by atoms with E-state index < -0.39 is 18.0 Å². The van der Waals surface area contributed by atoms with Crippen LogP contribution >= 0.6 is 0 Å². The Morgan fingerprint density at radius 3 is 2.00 bits per heavy atom. The van der Waals surface area contributed by atoms with Crippen LogP contribution in [-0.4, -0.2) is 45.5 Å². The summed E-state index contributed by atoms with van der Waals surface area (Å²) in [5.41, 5.74) is 0. The lowest BCUT2D eigenvalue weighted by Gasteiger charge is -2.31. The number of carbonyl (C=O) groups excluding carboxylic acids is 1. The van der Waals surface area contributed by atoms with Crippen LogP contribution in [0.5, 0.6) is 0 Å². The highest BCUT2D eigenvalue weighted by molar-refractivity contribution is 5.85. The maximum absolute atomic E-state index is 12.5. The van der Waals surface area contributed by atoms with Gasteiger partial charge in [-0.2, -0.15) is 0 Å². The average Bonchev–Trinajstić information content (AvgIpc) is 2.42. The predicted octanol–water partition coefficient (Wildman–Crippen LogP) is 2.37. The summed E-state index contributed by atoms with van der Waals surface area (Å²) in [4.78, 5) is 36.0. The van der Waals surface area contributed by atoms with E-state index in [1.165, 1.54) is 4.90 Å². The summed E-state index contributed by atoms with van der Waals surface area (Å²) in [7, 11) is 0. The van der Waals surface area contributed by atoms with Crippen LogP contribution in [0, 0.1) is 5.92 Å². The van der Waals surface area contributed by atoms with Crippen molar-refractivity contribution in [3.63, 3.8) is 0 Å². The molecule has 0 aromatic carbocycles. The van der Waals surface area contributed by atoms with Gasteiger partial charge < -0.3 is 15.1 Å². The molecule has 6 nitrogen and oxygen atoms in total. The van der Waals surface area contributed by atoms with Gasteiger partial charge in [0.25, 0.3) is 0 Å². The van der Waals surface area contributed by atoms with Crippen molar-refractivity contribution in [1.82, 2.24) is 4.90 Å². The second-order valence-corrected chi connectivity index (χ2v) is 5.19. The van der Waals surface area contributed by atoms with Crippen LogP contribution in [0.1, 0.15) is 59.3 Å². The van der Waals surface area contributed by atoms with Gasteiger partial charge in [0.15, 0.2) is 0 Å². The Balaban J connectivity index is 5.18. The van der Waals surface area contributed by atoms with E-state index in [2.05, 4.69) is 0 Å². The van der Waals surface area contributed by atoms with Gasteiger partial charge in [0, 0.05) is 12.5 Å². The second kappa shape index (κ2) is 10.2. The molecule has 6 heteroatoms. The summed E-state index contributed by atoms with van der Waals surface area (Å²) in [5.74, 6) is -2.59. The highest BCUT2D eigenvalue weighted by Crippen LogP contribution is 2.18. The Labute approximate surface area is 126 Å². The maximum atomic E-state index is 12.5. The van der Waals surface area contributed by atoms with E-state index in [0.717, 1.165) is 6.42 Å². The fourth-order valence-corrected chi connectivity index (χ4v) is 2.32. The summed E-state index contributed by atoms with van der Waals surface area (Å²) < 4.78 is 0. The SMILES string of the molecule is CCCCC(C(=O)O)N(CCC(=O)O)C(=O)C(CC)CC. The van der Waals surface area contributed by atoms with Crippen molar-refractivity contribution >= 4 is 17.8 Å². The molecule has 0 fully saturated rings. The van der Waals surface area contributed by atoms with E-state index >= 15 is 0 Å². The molecule has 0 aromatic heterocycles. The number of carboxylic acids is 2. The van der Waals surface area contributed by atoms with Crippen molar-refractivity contribution < 1.29 is 24.6 Å². The standard InChI is InChI=1S/C15H27NO5/c1-4-7-8-12(15(20)21)16(10-9-13(17)18)14(19)11(5-2)6-3/h11-12H,4-10H2,1-3H3,(H,17,18)(H,20,21). The summed E-state index contributed by atoms with van der Waals surface area (Å²) >= 11 is 0. The van der Waals surface area contributed by atoms with Gasteiger partial charge >= 0.3 is 11.9 Å². The molecule has 1 atom stereocenters. The van der Waals surface area contributed by atoms with E-state index in [0.29, 0.717) is 25.7 Å². The first-order chi connectivity index (χ1) is 9.88. The minimum atomic E-state index is -1.06. The third-order valence-electron chi connectivity index (χ3n) is 3.68. The Hall–Kier alpha value is -1.59. The quantitative estimate of drug-likeness (QED) is 0.611. The summed E-state index contributed by atoms with van der Waals surface area (Å²) in [5, 5.41) is 18.2. The van der Waals surface area contributed by atoms with Gasteiger partial charge in [-0.1, -0.05) is 33.6 Å². The average molecular weight is 301 g/mol. The third-order valence-corrected chi connectivity index (χ3v) is 3.68. The van der Waals surface area contributed by atoms with Gasteiger partial charge in [0.05, 0.1) is 6.42 Å². The van der Waals surface area contributed by atoms with E-state index in [4.69, 9.17) is 5.11 Å². The fraction of sp³-hybridized carbons (Fsp3) is 0.800. The highest BCUT2D eigenvalue weighted by Gasteiger charge is 2.32. The smallest absolute Gasteiger partial charge is 0.326 e. The first-order valence-electron chi connectivity index (χ1n) is 7.63. The summed E-state index contributed by atoms with van der Waals surface area (Å²) in [6.45, 7) is 5.65. The number of hydrogen-bond acceptors (Lipinski definition) is 3. The van der Waals surface area contributed by atoms with E-state index in [1.807, 2.05) is 20.8 Å². The lowest BCUT2D eigenvalue weighted by atomic mass is 9.99. The number of carboxylic acid groups (broad SMARTS) is 2. The number of hydrogen-bond donors (Lipinski definition) is 2. The van der Waals surface area contributed by atoms with Gasteiger partial charge in [-0.3, -0.25) is 9.59 Å². The molecule has 0 aliphatic rings. The number of carbonyl (C=O) groups is 3. The molecule has 0 heterocycles. The van der Waals surface area contributed by atoms with Crippen LogP contribution in [-0.2, 0) is 14.4 Å². The molecule has 122 valence electrons. The van der Waals surface area contributed by atoms with E-state index in [-0.39, 0.29) is 24.8 Å². The molecule has 0 radical (unpaired) electrons. The first-order valence-corrected chi connectivity index (χ1v) is 7.63. The van der Waals surface area contributed by atoms with Crippen LogP contribution in [0.15, 0.2) is 0 Å². The van der Waals surface area contributed by atoms with Crippen molar-refractivity contribution in [2.75, 3.05) is 6.54 Å². The molecule has 0 bridgehead atoms. The van der Waals surface area contributed by atoms with E-state index in [1.54, 1.807) is 0 Å². The lowest BCUT2D eigenvalue weighted by Crippen LogP contribution is -2.48. The summed E-state index contributed by atoms with van der Waals surface area (Å²) in [6, 6.07) is -0.933. The van der Waals surface area contributed by atoms with Crippen molar-refractivity contribution in [1.29, 1.82) is 0 Å². The minimum Gasteiger partial charge on any atom is -0.481 e. The van der Waals surface area contributed by atoms with Crippen LogP contribution in [0.25, 0.3) is 0 Å². The van der Waals surface area contributed by atoms with Crippen molar-refractivity contribution in [3.05, 3.63) is 0 Å². The Morgan fingerprint density at radius 2 is 1.62 bits per heavy atom. The Morgan fingerprint density at radius 1 is 1.05 bits per heavy atom. The normalized spacial score (nSPS) is 12.2. The largest absolute Gasteiger partial charge is 0.481 e. The summed E-state index contributed by atoms with van der Waals surface area (Å²) in [6.07, 6.45) is 2.89. The molecule has 2 N–H and O–H groups in total. The molecule has 0 spiro atoms. The van der Waals surface area contributed by atoms with Crippen molar-refractivity contribution in [2.24, 2.45) is 5.92 Å².